The van der Waals surface area contributed by atoms with Crippen LogP contribution in [-0.4, -0.2) is 45.3 Å². The van der Waals surface area contributed by atoms with E-state index in [1.165, 1.54) is 0 Å². The Morgan fingerprint density at radius 2 is 2.42 bits per heavy atom. The molecule has 1 N–H and O–H groups in total. The van der Waals surface area contributed by atoms with E-state index in [4.69, 9.17) is 9.73 Å². The van der Waals surface area contributed by atoms with Crippen molar-refractivity contribution in [1.82, 2.24) is 14.9 Å². The number of imidazole rings is 1. The van der Waals surface area contributed by atoms with E-state index in [0.29, 0.717) is 0 Å². The highest BCUT2D eigenvalue weighted by Gasteiger charge is 2.38. The van der Waals surface area contributed by atoms with Crippen molar-refractivity contribution in [2.24, 2.45) is 4.99 Å². The maximum Gasteiger partial charge on any atom is 0.157 e. The first kappa shape index (κ1) is 13.0. The number of hydrogen-bond acceptors (Lipinski definition) is 4. The number of amidine groups is 1. The van der Waals surface area contributed by atoms with Gasteiger partial charge in [0.1, 0.15) is 0 Å². The lowest BCUT2D eigenvalue weighted by Gasteiger charge is -2.32. The molecule has 0 saturated carbocycles. The largest absolute Gasteiger partial charge is 0.381 e. The number of aromatic nitrogens is 2. The third kappa shape index (κ3) is 3.12. The molecule has 1 unspecified atom stereocenters. The third-order valence-corrected chi connectivity index (χ3v) is 4.86. The summed E-state index contributed by atoms with van der Waals surface area (Å²) < 4.78 is 7.51. The zero-order chi connectivity index (χ0) is 13.1. The minimum absolute atomic E-state index is 0.233. The lowest BCUT2D eigenvalue weighted by molar-refractivity contribution is 0.0555. The van der Waals surface area contributed by atoms with Crippen LogP contribution in [0.5, 0.6) is 0 Å². The predicted molar refractivity (Wildman–Crippen MR) is 77.5 cm³/mol. The number of nitrogens with zero attached hydrogens (tertiary/aromatic N) is 3. The molecule has 104 valence electrons. The molecular formula is C13H20N4OS. The van der Waals surface area contributed by atoms with E-state index < -0.39 is 0 Å². The van der Waals surface area contributed by atoms with E-state index in [1.54, 1.807) is 6.20 Å². The normalized spacial score (nSPS) is 25.6. The van der Waals surface area contributed by atoms with Crippen LogP contribution < -0.4 is 5.32 Å². The summed E-state index contributed by atoms with van der Waals surface area (Å²) in [6.07, 6.45) is 7.81. The average molecular weight is 280 g/mol. The Balaban J connectivity index is 1.58. The molecule has 0 radical (unpaired) electrons. The van der Waals surface area contributed by atoms with Gasteiger partial charge in [0.15, 0.2) is 5.17 Å². The fourth-order valence-electron chi connectivity index (χ4n) is 2.55. The predicted octanol–water partition coefficient (Wildman–Crippen LogP) is 1.51. The summed E-state index contributed by atoms with van der Waals surface area (Å²) in [7, 11) is 0. The smallest absolute Gasteiger partial charge is 0.157 e. The van der Waals surface area contributed by atoms with Crippen molar-refractivity contribution in [2.75, 3.05) is 19.0 Å². The van der Waals surface area contributed by atoms with Gasteiger partial charge in [-0.15, -0.1) is 0 Å². The second-order valence-electron chi connectivity index (χ2n) is 5.35. The first-order valence-corrected chi connectivity index (χ1v) is 7.77. The second-order valence-corrected chi connectivity index (χ2v) is 6.31. The Morgan fingerprint density at radius 3 is 3.16 bits per heavy atom. The fourth-order valence-corrected chi connectivity index (χ4v) is 3.86. The molecule has 1 atom stereocenters. The van der Waals surface area contributed by atoms with Crippen molar-refractivity contribution in [3.8, 4) is 0 Å². The lowest BCUT2D eigenvalue weighted by atomic mass is 9.93. The molecule has 2 aliphatic heterocycles. The zero-order valence-electron chi connectivity index (χ0n) is 11.2. The van der Waals surface area contributed by atoms with Gasteiger partial charge in [-0.3, -0.25) is 4.99 Å². The molecule has 3 heterocycles. The first-order valence-electron chi connectivity index (χ1n) is 6.78. The maximum absolute atomic E-state index is 5.44. The van der Waals surface area contributed by atoms with Gasteiger partial charge in [-0.2, -0.15) is 0 Å². The number of hydrogen-bond donors (Lipinski definition) is 1. The number of thioether (sulfide) groups is 1. The van der Waals surface area contributed by atoms with Gasteiger partial charge in [-0.25, -0.2) is 4.98 Å². The molecular weight excluding hydrogens is 260 g/mol. The van der Waals surface area contributed by atoms with Crippen LogP contribution in [0.2, 0.25) is 0 Å². The van der Waals surface area contributed by atoms with Gasteiger partial charge in [0.2, 0.25) is 0 Å². The van der Waals surface area contributed by atoms with Gasteiger partial charge < -0.3 is 14.6 Å². The van der Waals surface area contributed by atoms with E-state index in [-0.39, 0.29) is 11.6 Å². The molecule has 1 aromatic rings. The van der Waals surface area contributed by atoms with Gasteiger partial charge >= 0.3 is 0 Å². The van der Waals surface area contributed by atoms with E-state index in [2.05, 4.69) is 21.8 Å². The van der Waals surface area contributed by atoms with E-state index >= 15 is 0 Å². The molecule has 0 aliphatic carbocycles. The van der Waals surface area contributed by atoms with Crippen molar-refractivity contribution in [1.29, 1.82) is 0 Å². The summed E-state index contributed by atoms with van der Waals surface area (Å²) in [6.45, 7) is 4.75. The number of ether oxygens (including phenoxy) is 1. The summed E-state index contributed by atoms with van der Waals surface area (Å²) in [4.78, 5) is 8.83. The SMILES string of the molecule is CC(Cn1ccnc1)N=C1NC2(CCOCC2)CS1. The molecule has 19 heavy (non-hydrogen) atoms. The minimum Gasteiger partial charge on any atom is -0.381 e. The van der Waals surface area contributed by atoms with Crippen LogP contribution in [0.25, 0.3) is 0 Å². The van der Waals surface area contributed by atoms with Crippen molar-refractivity contribution < 1.29 is 4.74 Å². The molecule has 0 amide bonds. The van der Waals surface area contributed by atoms with Gasteiger partial charge in [-0.05, 0) is 19.8 Å². The fraction of sp³-hybridized carbons (Fsp3) is 0.692. The summed E-state index contributed by atoms with van der Waals surface area (Å²) in [5.74, 6) is 1.12. The van der Waals surface area contributed by atoms with Gasteiger partial charge in [-0.1, -0.05) is 11.8 Å². The molecule has 0 aromatic carbocycles. The third-order valence-electron chi connectivity index (χ3n) is 3.68. The van der Waals surface area contributed by atoms with Crippen LogP contribution in [0, 0.1) is 0 Å². The Bertz CT molecular complexity index is 440. The number of rotatable bonds is 3. The highest BCUT2D eigenvalue weighted by molar-refractivity contribution is 8.14. The van der Waals surface area contributed by atoms with Crippen LogP contribution in [0.3, 0.4) is 0 Å². The van der Waals surface area contributed by atoms with Crippen LogP contribution in [0.4, 0.5) is 0 Å². The molecule has 5 nitrogen and oxygen atoms in total. The Kier molecular flexibility index (Phi) is 3.79. The van der Waals surface area contributed by atoms with E-state index in [0.717, 1.165) is 43.5 Å². The van der Waals surface area contributed by atoms with Crippen molar-refractivity contribution in [2.45, 2.75) is 37.9 Å². The molecule has 6 heteroatoms. The molecule has 0 bridgehead atoms. The minimum atomic E-state index is 0.233. The standard InChI is InChI=1S/C13H20N4OS/c1-11(8-17-5-4-14-10-17)15-12-16-13(9-19-12)2-6-18-7-3-13/h4-5,10-11H,2-3,6-9H2,1H3,(H,15,16). The van der Waals surface area contributed by atoms with E-state index in [9.17, 15) is 0 Å². The molecule has 1 aromatic heterocycles. The van der Waals surface area contributed by atoms with Crippen LogP contribution in [0.1, 0.15) is 19.8 Å². The van der Waals surface area contributed by atoms with Crippen molar-refractivity contribution in [3.63, 3.8) is 0 Å². The van der Waals surface area contributed by atoms with Gasteiger partial charge in [0, 0.05) is 37.9 Å². The molecule has 1 spiro atoms. The quantitative estimate of drug-likeness (QED) is 0.912. The topological polar surface area (TPSA) is 51.4 Å². The molecule has 2 fully saturated rings. The Labute approximate surface area is 117 Å². The summed E-state index contributed by atoms with van der Waals surface area (Å²) in [5, 5.41) is 4.72. The number of aliphatic imine (C=N–C) groups is 1. The lowest BCUT2D eigenvalue weighted by Crippen LogP contribution is -2.48. The van der Waals surface area contributed by atoms with Crippen LogP contribution >= 0.6 is 11.8 Å². The van der Waals surface area contributed by atoms with E-state index in [1.807, 2.05) is 24.3 Å². The number of nitrogens with one attached hydrogen (secondary N) is 1. The summed E-state index contributed by atoms with van der Waals surface area (Å²) in [6, 6.07) is 0.263. The van der Waals surface area contributed by atoms with Crippen molar-refractivity contribution >= 4 is 16.9 Å². The zero-order valence-corrected chi connectivity index (χ0v) is 12.0. The monoisotopic (exact) mass is 280 g/mol. The van der Waals surface area contributed by atoms with Crippen LogP contribution in [-0.2, 0) is 11.3 Å². The summed E-state index contributed by atoms with van der Waals surface area (Å²) >= 11 is 1.85. The van der Waals surface area contributed by atoms with Crippen molar-refractivity contribution in [3.05, 3.63) is 18.7 Å². The molecule has 2 saturated heterocycles. The maximum atomic E-state index is 5.44. The first-order chi connectivity index (χ1) is 9.26. The molecule has 3 rings (SSSR count). The van der Waals surface area contributed by atoms with Gasteiger partial charge in [0.05, 0.1) is 17.9 Å². The highest BCUT2D eigenvalue weighted by Crippen LogP contribution is 2.31. The highest BCUT2D eigenvalue weighted by atomic mass is 32.2. The Hall–Kier alpha value is -1.01. The average Bonchev–Trinajstić information content (AvgIpc) is 3.02. The second kappa shape index (κ2) is 5.54. The molecule has 2 aliphatic rings. The van der Waals surface area contributed by atoms with Gasteiger partial charge in [0.25, 0.3) is 0 Å². The summed E-state index contributed by atoms with van der Waals surface area (Å²) in [5.41, 5.74) is 0.233. The Morgan fingerprint density at radius 1 is 1.58 bits per heavy atom. The van der Waals surface area contributed by atoms with Crippen LogP contribution in [0.15, 0.2) is 23.7 Å².